The van der Waals surface area contributed by atoms with Crippen molar-refractivity contribution in [1.29, 1.82) is 0 Å². The van der Waals surface area contributed by atoms with E-state index in [1.54, 1.807) is 12.1 Å². The second-order valence-corrected chi connectivity index (χ2v) is 7.17. The zero-order chi connectivity index (χ0) is 19.1. The highest BCUT2D eigenvalue weighted by Crippen LogP contribution is 2.23. The summed E-state index contributed by atoms with van der Waals surface area (Å²) in [5, 5.41) is 3.33. The molecule has 0 saturated carbocycles. The lowest BCUT2D eigenvalue weighted by molar-refractivity contribution is -0.123. The monoisotopic (exact) mass is 388 g/mol. The Bertz CT molecular complexity index is 743. The van der Waals surface area contributed by atoms with E-state index in [1.807, 2.05) is 36.4 Å². The zero-order valence-electron chi connectivity index (χ0n) is 15.5. The number of rotatable bonds is 7. The third kappa shape index (κ3) is 6.15. The largest absolute Gasteiger partial charge is 0.490 e. The summed E-state index contributed by atoms with van der Waals surface area (Å²) in [5.74, 6) is 1.19. The van der Waals surface area contributed by atoms with Crippen molar-refractivity contribution in [2.45, 2.75) is 25.5 Å². The van der Waals surface area contributed by atoms with Crippen molar-refractivity contribution in [2.24, 2.45) is 0 Å². The molecular weight excluding hydrogens is 364 g/mol. The van der Waals surface area contributed by atoms with Gasteiger partial charge in [-0.3, -0.25) is 4.79 Å². The van der Waals surface area contributed by atoms with E-state index in [0.29, 0.717) is 17.3 Å². The van der Waals surface area contributed by atoms with Gasteiger partial charge in [0.1, 0.15) is 17.6 Å². The molecule has 0 spiro atoms. The van der Waals surface area contributed by atoms with E-state index in [9.17, 15) is 4.79 Å². The highest BCUT2D eigenvalue weighted by atomic mass is 35.5. The summed E-state index contributed by atoms with van der Waals surface area (Å²) < 4.78 is 11.5. The number of hydrogen-bond acceptors (Lipinski definition) is 4. The first-order chi connectivity index (χ1) is 13.1. The molecule has 1 aliphatic heterocycles. The molecule has 0 aliphatic carbocycles. The smallest absolute Gasteiger partial charge is 0.258 e. The number of nitrogens with one attached hydrogen (secondary N) is 1. The second-order valence-electron chi connectivity index (χ2n) is 6.76. The van der Waals surface area contributed by atoms with Gasteiger partial charge in [-0.15, -0.1) is 0 Å². The van der Waals surface area contributed by atoms with Crippen molar-refractivity contribution >= 4 is 17.5 Å². The fourth-order valence-corrected chi connectivity index (χ4v) is 3.13. The first-order valence-corrected chi connectivity index (χ1v) is 9.56. The lowest BCUT2D eigenvalue weighted by Crippen LogP contribution is -2.35. The van der Waals surface area contributed by atoms with Gasteiger partial charge in [-0.1, -0.05) is 35.9 Å². The molecule has 3 rings (SSSR count). The Kier molecular flexibility index (Phi) is 6.96. The summed E-state index contributed by atoms with van der Waals surface area (Å²) in [7, 11) is 2.14. The second kappa shape index (κ2) is 9.62. The van der Waals surface area contributed by atoms with Crippen LogP contribution in [-0.4, -0.2) is 43.7 Å². The molecule has 1 aliphatic rings. The van der Waals surface area contributed by atoms with E-state index in [-0.39, 0.29) is 18.6 Å². The summed E-state index contributed by atoms with van der Waals surface area (Å²) in [6.45, 7) is 2.52. The van der Waals surface area contributed by atoms with Crippen LogP contribution in [0.5, 0.6) is 11.5 Å². The summed E-state index contributed by atoms with van der Waals surface area (Å²) >= 11 is 6.00. The standard InChI is InChI=1S/C21H25ClN2O3/c1-24-12-10-18(11-13-24)27-17-8-6-16(7-9-17)14-23-21(25)15-26-20-5-3-2-4-19(20)22/h2-9,18H,10-15H2,1H3,(H,23,25). The van der Waals surface area contributed by atoms with E-state index in [2.05, 4.69) is 17.3 Å². The fourth-order valence-electron chi connectivity index (χ4n) is 2.94. The molecule has 0 atom stereocenters. The average Bonchev–Trinajstić information content (AvgIpc) is 2.68. The van der Waals surface area contributed by atoms with Gasteiger partial charge in [0.2, 0.25) is 0 Å². The Balaban J connectivity index is 1.40. The van der Waals surface area contributed by atoms with Crippen LogP contribution in [-0.2, 0) is 11.3 Å². The fraction of sp³-hybridized carbons (Fsp3) is 0.381. The highest BCUT2D eigenvalue weighted by molar-refractivity contribution is 6.32. The summed E-state index contributed by atoms with van der Waals surface area (Å²) in [4.78, 5) is 14.3. The van der Waals surface area contributed by atoms with Gasteiger partial charge in [0, 0.05) is 19.6 Å². The average molecular weight is 389 g/mol. The van der Waals surface area contributed by atoms with Gasteiger partial charge in [0.05, 0.1) is 5.02 Å². The number of halogens is 1. The molecule has 144 valence electrons. The number of carbonyl (C=O) groups excluding carboxylic acids is 1. The SMILES string of the molecule is CN1CCC(Oc2ccc(CNC(=O)COc3ccccc3Cl)cc2)CC1. The number of hydrogen-bond donors (Lipinski definition) is 1. The van der Waals surface area contributed by atoms with Crippen molar-refractivity contribution in [3.8, 4) is 11.5 Å². The van der Waals surface area contributed by atoms with Gasteiger partial charge < -0.3 is 19.7 Å². The minimum absolute atomic E-state index is 0.0684. The molecule has 1 N–H and O–H groups in total. The molecular formula is C21H25ClN2O3. The van der Waals surface area contributed by atoms with E-state index in [0.717, 1.165) is 37.2 Å². The third-order valence-electron chi connectivity index (χ3n) is 4.58. The number of nitrogens with zero attached hydrogens (tertiary/aromatic N) is 1. The number of benzene rings is 2. The first-order valence-electron chi connectivity index (χ1n) is 9.18. The number of ether oxygens (including phenoxy) is 2. The number of likely N-dealkylation sites (tertiary alicyclic amines) is 1. The number of para-hydroxylation sites is 1. The van der Waals surface area contributed by atoms with Crippen LogP contribution in [0.2, 0.25) is 5.02 Å². The molecule has 1 saturated heterocycles. The van der Waals surface area contributed by atoms with Gasteiger partial charge in [-0.25, -0.2) is 0 Å². The van der Waals surface area contributed by atoms with Crippen LogP contribution in [0, 0.1) is 0 Å². The minimum Gasteiger partial charge on any atom is -0.490 e. The summed E-state index contributed by atoms with van der Waals surface area (Å²) in [6.07, 6.45) is 2.40. The molecule has 6 heteroatoms. The maximum Gasteiger partial charge on any atom is 0.258 e. The molecule has 0 radical (unpaired) electrons. The van der Waals surface area contributed by atoms with E-state index in [1.165, 1.54) is 0 Å². The molecule has 0 bridgehead atoms. The van der Waals surface area contributed by atoms with Gasteiger partial charge in [-0.2, -0.15) is 0 Å². The van der Waals surface area contributed by atoms with Crippen LogP contribution in [0.15, 0.2) is 48.5 Å². The molecule has 1 heterocycles. The third-order valence-corrected chi connectivity index (χ3v) is 4.89. The van der Waals surface area contributed by atoms with Crippen LogP contribution in [0.4, 0.5) is 0 Å². The quantitative estimate of drug-likeness (QED) is 0.788. The van der Waals surface area contributed by atoms with Crippen LogP contribution >= 0.6 is 11.6 Å². The van der Waals surface area contributed by atoms with E-state index in [4.69, 9.17) is 21.1 Å². The molecule has 2 aromatic rings. The number of carbonyl (C=O) groups is 1. The Hall–Kier alpha value is -2.24. The highest BCUT2D eigenvalue weighted by Gasteiger charge is 2.17. The molecule has 0 aromatic heterocycles. The number of piperidine rings is 1. The summed E-state index contributed by atoms with van der Waals surface area (Å²) in [6, 6.07) is 14.9. The normalized spacial score (nSPS) is 15.3. The predicted molar refractivity (Wildman–Crippen MR) is 106 cm³/mol. The minimum atomic E-state index is -0.193. The first kappa shape index (κ1) is 19.5. The van der Waals surface area contributed by atoms with Gasteiger partial charge in [0.15, 0.2) is 6.61 Å². The van der Waals surface area contributed by atoms with Gasteiger partial charge in [0.25, 0.3) is 5.91 Å². The molecule has 27 heavy (non-hydrogen) atoms. The zero-order valence-corrected chi connectivity index (χ0v) is 16.2. The van der Waals surface area contributed by atoms with Crippen molar-refractivity contribution in [3.05, 3.63) is 59.1 Å². The Morgan fingerprint density at radius 3 is 2.56 bits per heavy atom. The van der Waals surface area contributed by atoms with E-state index < -0.39 is 0 Å². The number of amides is 1. The lowest BCUT2D eigenvalue weighted by Gasteiger charge is -2.29. The van der Waals surface area contributed by atoms with E-state index >= 15 is 0 Å². The van der Waals surface area contributed by atoms with Gasteiger partial charge in [-0.05, 0) is 49.7 Å². The molecule has 1 fully saturated rings. The van der Waals surface area contributed by atoms with Crippen molar-refractivity contribution in [2.75, 3.05) is 26.7 Å². The maximum atomic E-state index is 11.9. The topological polar surface area (TPSA) is 50.8 Å². The predicted octanol–water partition coefficient (Wildman–Crippen LogP) is 3.51. The molecule has 0 unspecified atom stereocenters. The lowest BCUT2D eigenvalue weighted by atomic mass is 10.1. The van der Waals surface area contributed by atoms with Gasteiger partial charge >= 0.3 is 0 Å². The Morgan fingerprint density at radius 2 is 1.85 bits per heavy atom. The van der Waals surface area contributed by atoms with Crippen LogP contribution in [0.3, 0.4) is 0 Å². The van der Waals surface area contributed by atoms with Crippen LogP contribution in [0.25, 0.3) is 0 Å². The molecule has 1 amide bonds. The van der Waals surface area contributed by atoms with Crippen LogP contribution in [0.1, 0.15) is 18.4 Å². The molecule has 5 nitrogen and oxygen atoms in total. The Labute approximate surface area is 165 Å². The summed E-state index contributed by atoms with van der Waals surface area (Å²) in [5.41, 5.74) is 1.01. The van der Waals surface area contributed by atoms with Crippen molar-refractivity contribution < 1.29 is 14.3 Å². The van der Waals surface area contributed by atoms with Crippen LogP contribution < -0.4 is 14.8 Å². The Morgan fingerprint density at radius 1 is 1.15 bits per heavy atom. The maximum absolute atomic E-state index is 11.9. The molecule has 2 aromatic carbocycles. The van der Waals surface area contributed by atoms with Crippen molar-refractivity contribution in [3.63, 3.8) is 0 Å². The van der Waals surface area contributed by atoms with Crippen molar-refractivity contribution in [1.82, 2.24) is 10.2 Å².